The van der Waals surface area contributed by atoms with Crippen molar-refractivity contribution in [1.29, 1.82) is 0 Å². The average Bonchev–Trinajstić information content (AvgIpc) is 2.79. The quantitative estimate of drug-likeness (QED) is 0.638. The van der Waals surface area contributed by atoms with E-state index in [0.717, 1.165) is 56.8 Å². The Bertz CT molecular complexity index is 800. The number of carbonyl (C=O) groups is 2. The highest BCUT2D eigenvalue weighted by atomic mass is 16.5. The molecule has 2 aromatic rings. The summed E-state index contributed by atoms with van der Waals surface area (Å²) in [4.78, 5) is 28.6. The second-order valence-corrected chi connectivity index (χ2v) is 7.52. The molecule has 1 aliphatic rings. The summed E-state index contributed by atoms with van der Waals surface area (Å²) < 4.78 is 5.47. The van der Waals surface area contributed by atoms with Gasteiger partial charge in [0.25, 0.3) is 5.91 Å². The van der Waals surface area contributed by atoms with Crippen LogP contribution in [0.1, 0.15) is 32.6 Å². The fourth-order valence-electron chi connectivity index (χ4n) is 3.52. The summed E-state index contributed by atoms with van der Waals surface area (Å²) >= 11 is 0. The van der Waals surface area contributed by atoms with Gasteiger partial charge in [-0.05, 0) is 42.8 Å². The van der Waals surface area contributed by atoms with E-state index in [1.807, 2.05) is 59.5 Å². The molecule has 0 unspecified atom stereocenters. The first kappa shape index (κ1) is 21.7. The zero-order valence-corrected chi connectivity index (χ0v) is 17.7. The van der Waals surface area contributed by atoms with Crippen molar-refractivity contribution in [2.75, 3.05) is 43.0 Å². The van der Waals surface area contributed by atoms with Crippen LogP contribution >= 0.6 is 0 Å². The van der Waals surface area contributed by atoms with Gasteiger partial charge in [-0.1, -0.05) is 38.0 Å². The van der Waals surface area contributed by atoms with Gasteiger partial charge in [0.1, 0.15) is 5.75 Å². The van der Waals surface area contributed by atoms with Crippen molar-refractivity contribution in [3.8, 4) is 5.75 Å². The standard InChI is InChI=1S/C24H31N3O3/c1-2-3-5-10-24(29)27-17-15-26(16-18-27)21-13-11-20(12-14-21)25-23(28)19-30-22-8-6-4-7-9-22/h4,6-9,11-14H,2-3,5,10,15-19H2,1H3,(H,25,28). The van der Waals surface area contributed by atoms with Crippen LogP contribution in [-0.2, 0) is 9.59 Å². The molecule has 1 N–H and O–H groups in total. The second-order valence-electron chi connectivity index (χ2n) is 7.52. The van der Waals surface area contributed by atoms with E-state index in [4.69, 9.17) is 4.74 Å². The molecule has 1 heterocycles. The Morgan fingerprint density at radius 2 is 1.63 bits per heavy atom. The normalized spacial score (nSPS) is 13.8. The SMILES string of the molecule is CCCCCC(=O)N1CCN(c2ccc(NC(=O)COc3ccccc3)cc2)CC1. The number of nitrogens with one attached hydrogen (secondary N) is 1. The molecule has 1 aliphatic heterocycles. The Labute approximate surface area is 178 Å². The van der Waals surface area contributed by atoms with Gasteiger partial charge in [-0.2, -0.15) is 0 Å². The number of ether oxygens (including phenoxy) is 1. The third kappa shape index (κ3) is 6.51. The van der Waals surface area contributed by atoms with Crippen molar-refractivity contribution >= 4 is 23.2 Å². The van der Waals surface area contributed by atoms with Gasteiger partial charge in [0.15, 0.2) is 6.61 Å². The maximum absolute atomic E-state index is 12.3. The summed E-state index contributed by atoms with van der Waals surface area (Å²) in [6, 6.07) is 17.1. The molecule has 6 heteroatoms. The lowest BCUT2D eigenvalue weighted by Gasteiger charge is -2.36. The van der Waals surface area contributed by atoms with Gasteiger partial charge >= 0.3 is 0 Å². The number of unbranched alkanes of at least 4 members (excludes halogenated alkanes) is 2. The summed E-state index contributed by atoms with van der Waals surface area (Å²) in [5.74, 6) is 0.756. The maximum atomic E-state index is 12.3. The molecule has 6 nitrogen and oxygen atoms in total. The fraction of sp³-hybridized carbons (Fsp3) is 0.417. The number of hydrogen-bond acceptors (Lipinski definition) is 4. The summed E-state index contributed by atoms with van der Waals surface area (Å²) in [5.41, 5.74) is 1.84. The number of piperazine rings is 1. The van der Waals surface area contributed by atoms with Crippen LogP contribution < -0.4 is 15.0 Å². The number of hydrogen-bond donors (Lipinski definition) is 1. The molecule has 2 aromatic carbocycles. The van der Waals surface area contributed by atoms with Gasteiger partial charge in [-0.15, -0.1) is 0 Å². The van der Waals surface area contributed by atoms with Gasteiger partial charge < -0.3 is 19.9 Å². The Hall–Kier alpha value is -3.02. The molecule has 1 fully saturated rings. The van der Waals surface area contributed by atoms with Crippen LogP contribution in [0.25, 0.3) is 0 Å². The van der Waals surface area contributed by atoms with Gasteiger partial charge in [-0.3, -0.25) is 9.59 Å². The molecular formula is C24H31N3O3. The molecule has 0 aromatic heterocycles. The highest BCUT2D eigenvalue weighted by Crippen LogP contribution is 2.20. The molecule has 30 heavy (non-hydrogen) atoms. The van der Waals surface area contributed by atoms with E-state index in [1.165, 1.54) is 0 Å². The molecule has 0 aliphatic carbocycles. The van der Waals surface area contributed by atoms with E-state index in [9.17, 15) is 9.59 Å². The molecule has 0 spiro atoms. The first-order valence-electron chi connectivity index (χ1n) is 10.8. The van der Waals surface area contributed by atoms with E-state index < -0.39 is 0 Å². The van der Waals surface area contributed by atoms with Crippen molar-refractivity contribution < 1.29 is 14.3 Å². The van der Waals surface area contributed by atoms with Crippen LogP contribution in [0.2, 0.25) is 0 Å². The minimum absolute atomic E-state index is 0.0278. The van der Waals surface area contributed by atoms with Crippen LogP contribution in [0, 0.1) is 0 Å². The van der Waals surface area contributed by atoms with Crippen molar-refractivity contribution in [1.82, 2.24) is 4.90 Å². The molecule has 160 valence electrons. The van der Waals surface area contributed by atoms with Gasteiger partial charge in [0, 0.05) is 44.0 Å². The first-order valence-corrected chi connectivity index (χ1v) is 10.8. The Morgan fingerprint density at radius 3 is 2.30 bits per heavy atom. The van der Waals surface area contributed by atoms with Gasteiger partial charge in [0.2, 0.25) is 5.91 Å². The highest BCUT2D eigenvalue weighted by Gasteiger charge is 2.20. The lowest BCUT2D eigenvalue weighted by molar-refractivity contribution is -0.131. The molecule has 1 saturated heterocycles. The van der Waals surface area contributed by atoms with Crippen LogP contribution in [0.3, 0.4) is 0 Å². The van der Waals surface area contributed by atoms with Crippen molar-refractivity contribution in [3.05, 3.63) is 54.6 Å². The number of rotatable bonds is 9. The lowest BCUT2D eigenvalue weighted by Crippen LogP contribution is -2.48. The van der Waals surface area contributed by atoms with Gasteiger partial charge in [-0.25, -0.2) is 0 Å². The topological polar surface area (TPSA) is 61.9 Å². The Kier molecular flexibility index (Phi) is 8.12. The minimum Gasteiger partial charge on any atom is -0.484 e. The number of anilines is 2. The van der Waals surface area contributed by atoms with E-state index in [2.05, 4.69) is 17.1 Å². The Balaban J connectivity index is 1.42. The molecule has 0 saturated carbocycles. The van der Waals surface area contributed by atoms with Crippen molar-refractivity contribution in [2.45, 2.75) is 32.6 Å². The number of amides is 2. The predicted molar refractivity (Wildman–Crippen MR) is 120 cm³/mol. The highest BCUT2D eigenvalue weighted by molar-refractivity contribution is 5.92. The van der Waals surface area contributed by atoms with Crippen molar-refractivity contribution in [2.24, 2.45) is 0 Å². The summed E-state index contributed by atoms with van der Waals surface area (Å²) in [5, 5.41) is 2.85. The summed E-state index contributed by atoms with van der Waals surface area (Å²) in [7, 11) is 0. The van der Waals surface area contributed by atoms with Crippen LogP contribution in [0.15, 0.2) is 54.6 Å². The number of para-hydroxylation sites is 1. The van der Waals surface area contributed by atoms with E-state index >= 15 is 0 Å². The van der Waals surface area contributed by atoms with Gasteiger partial charge in [0.05, 0.1) is 0 Å². The molecule has 0 bridgehead atoms. The smallest absolute Gasteiger partial charge is 0.262 e. The zero-order chi connectivity index (χ0) is 21.2. The molecule has 3 rings (SSSR count). The molecule has 2 amide bonds. The Morgan fingerprint density at radius 1 is 0.933 bits per heavy atom. The van der Waals surface area contributed by atoms with E-state index in [-0.39, 0.29) is 18.4 Å². The van der Waals surface area contributed by atoms with Crippen LogP contribution in [0.4, 0.5) is 11.4 Å². The molecule has 0 atom stereocenters. The fourth-order valence-corrected chi connectivity index (χ4v) is 3.52. The third-order valence-corrected chi connectivity index (χ3v) is 5.26. The number of nitrogens with zero attached hydrogens (tertiary/aromatic N) is 2. The van der Waals surface area contributed by atoms with Crippen LogP contribution in [-0.4, -0.2) is 49.5 Å². The first-order chi connectivity index (χ1) is 14.7. The summed E-state index contributed by atoms with van der Waals surface area (Å²) in [6.07, 6.45) is 3.90. The zero-order valence-electron chi connectivity index (χ0n) is 17.7. The van der Waals surface area contributed by atoms with E-state index in [1.54, 1.807) is 0 Å². The molecular weight excluding hydrogens is 378 g/mol. The predicted octanol–water partition coefficient (Wildman–Crippen LogP) is 3.93. The van der Waals surface area contributed by atoms with Crippen molar-refractivity contribution in [3.63, 3.8) is 0 Å². The van der Waals surface area contributed by atoms with Crippen LogP contribution in [0.5, 0.6) is 5.75 Å². The summed E-state index contributed by atoms with van der Waals surface area (Å²) in [6.45, 7) is 5.31. The maximum Gasteiger partial charge on any atom is 0.262 e. The van der Waals surface area contributed by atoms with E-state index in [0.29, 0.717) is 12.2 Å². The second kappa shape index (κ2) is 11.2. The third-order valence-electron chi connectivity index (χ3n) is 5.26. The minimum atomic E-state index is -0.193. The average molecular weight is 410 g/mol. The number of carbonyl (C=O) groups excluding carboxylic acids is 2. The monoisotopic (exact) mass is 409 g/mol. The number of benzene rings is 2. The lowest BCUT2D eigenvalue weighted by atomic mass is 10.1. The molecule has 0 radical (unpaired) electrons. The largest absolute Gasteiger partial charge is 0.484 e.